The van der Waals surface area contributed by atoms with Crippen LogP contribution in [0.25, 0.3) is 11.0 Å². The molecule has 1 N–H and O–H groups in total. The lowest BCUT2D eigenvalue weighted by Crippen LogP contribution is -2.43. The highest BCUT2D eigenvalue weighted by atomic mass is 16.5. The van der Waals surface area contributed by atoms with E-state index < -0.39 is 0 Å². The van der Waals surface area contributed by atoms with E-state index in [1.807, 2.05) is 12.1 Å². The van der Waals surface area contributed by atoms with Crippen LogP contribution in [0.3, 0.4) is 0 Å². The van der Waals surface area contributed by atoms with E-state index in [1.54, 1.807) is 7.11 Å². The van der Waals surface area contributed by atoms with Crippen LogP contribution in [0.15, 0.2) is 40.9 Å². The fourth-order valence-electron chi connectivity index (χ4n) is 3.50. The van der Waals surface area contributed by atoms with Gasteiger partial charge in [0.1, 0.15) is 5.75 Å². The smallest absolute Gasteiger partial charge is 0.169 e. The number of nitrogens with one attached hydrogen (secondary N) is 1. The van der Waals surface area contributed by atoms with E-state index >= 15 is 0 Å². The Morgan fingerprint density at radius 2 is 2.04 bits per heavy atom. The summed E-state index contributed by atoms with van der Waals surface area (Å²) in [6.45, 7) is 6.07. The van der Waals surface area contributed by atoms with Gasteiger partial charge >= 0.3 is 0 Å². The number of piperazine rings is 1. The van der Waals surface area contributed by atoms with Crippen LogP contribution in [0.2, 0.25) is 0 Å². The highest BCUT2D eigenvalue weighted by molar-refractivity contribution is 5.93. The van der Waals surface area contributed by atoms with Crippen molar-refractivity contribution in [3.05, 3.63) is 53.2 Å². The highest BCUT2D eigenvalue weighted by Crippen LogP contribution is 2.33. The Bertz CT molecular complexity index is 882. The largest absolute Gasteiger partial charge is 0.496 e. The Kier molecular flexibility index (Phi) is 4.32. The number of ether oxygens (including phenoxy) is 1. The van der Waals surface area contributed by atoms with E-state index in [-0.39, 0.29) is 0 Å². The Balaban J connectivity index is 1.75. The van der Waals surface area contributed by atoms with Gasteiger partial charge in [-0.05, 0) is 30.7 Å². The number of methoxy groups -OCH3 is 1. The average molecular weight is 337 g/mol. The van der Waals surface area contributed by atoms with Crippen molar-refractivity contribution < 1.29 is 9.26 Å². The minimum atomic E-state index is 0.694. The van der Waals surface area contributed by atoms with Crippen LogP contribution in [0.5, 0.6) is 5.75 Å². The fraction of sp³-hybridized carbons (Fsp3) is 0.350. The predicted molar refractivity (Wildman–Crippen MR) is 99.6 cm³/mol. The first kappa shape index (κ1) is 16.0. The zero-order valence-corrected chi connectivity index (χ0v) is 14.7. The van der Waals surface area contributed by atoms with Gasteiger partial charge in [0.2, 0.25) is 0 Å². The number of aryl methyl sites for hydroxylation is 1. The van der Waals surface area contributed by atoms with Crippen molar-refractivity contribution in [2.75, 3.05) is 38.2 Å². The summed E-state index contributed by atoms with van der Waals surface area (Å²) in [5, 5.41) is 8.89. The molecule has 0 unspecified atom stereocenters. The Morgan fingerprint density at radius 1 is 1.20 bits per heavy atom. The number of hydrogen-bond acceptors (Lipinski definition) is 5. The van der Waals surface area contributed by atoms with Gasteiger partial charge < -0.3 is 19.5 Å². The zero-order chi connectivity index (χ0) is 17.2. The number of nitrogens with zero attached hydrogens (tertiary/aromatic N) is 2. The molecule has 0 amide bonds. The average Bonchev–Trinajstić information content (AvgIpc) is 3.07. The standard InChI is InChI=1S/C20H23N3O2/c1-14-6-7-15(19(12-14)24-2)13-16-20-17(23-10-8-21-9-11-23)4-3-5-18(20)25-22-16/h3-7,12,21H,8-11,13H2,1-2H3. The number of fused-ring (bicyclic) bond motifs is 1. The molecule has 130 valence electrons. The first-order chi connectivity index (χ1) is 12.3. The number of anilines is 1. The van der Waals surface area contributed by atoms with E-state index in [9.17, 15) is 0 Å². The molecule has 1 aromatic heterocycles. The van der Waals surface area contributed by atoms with Crippen LogP contribution in [0, 0.1) is 6.92 Å². The van der Waals surface area contributed by atoms with Crippen LogP contribution in [0.1, 0.15) is 16.8 Å². The van der Waals surface area contributed by atoms with Crippen molar-refractivity contribution in [2.24, 2.45) is 0 Å². The van der Waals surface area contributed by atoms with E-state index in [4.69, 9.17) is 9.26 Å². The lowest BCUT2D eigenvalue weighted by atomic mass is 10.0. The molecule has 2 aromatic carbocycles. The van der Waals surface area contributed by atoms with Crippen LogP contribution < -0.4 is 15.0 Å². The Morgan fingerprint density at radius 3 is 2.84 bits per heavy atom. The molecule has 3 aromatic rings. The lowest BCUT2D eigenvalue weighted by Gasteiger charge is -2.30. The number of aromatic nitrogens is 1. The monoisotopic (exact) mass is 337 g/mol. The maximum absolute atomic E-state index is 5.62. The fourth-order valence-corrected chi connectivity index (χ4v) is 3.50. The van der Waals surface area contributed by atoms with Crippen molar-refractivity contribution in [3.63, 3.8) is 0 Å². The summed E-state index contributed by atoms with van der Waals surface area (Å²) in [5.41, 5.74) is 5.33. The molecule has 1 aliphatic rings. The first-order valence-electron chi connectivity index (χ1n) is 8.73. The third kappa shape index (κ3) is 3.07. The van der Waals surface area contributed by atoms with E-state index in [2.05, 4.69) is 46.6 Å². The van der Waals surface area contributed by atoms with Gasteiger partial charge in [-0.15, -0.1) is 0 Å². The molecule has 0 bridgehead atoms. The van der Waals surface area contributed by atoms with Crippen molar-refractivity contribution in [3.8, 4) is 5.75 Å². The topological polar surface area (TPSA) is 50.5 Å². The number of benzene rings is 2. The second-order valence-electron chi connectivity index (χ2n) is 6.51. The van der Waals surface area contributed by atoms with Crippen LogP contribution in [0.4, 0.5) is 5.69 Å². The molecule has 4 rings (SSSR count). The molecule has 2 heterocycles. The molecule has 0 aliphatic carbocycles. The minimum absolute atomic E-state index is 0.694. The molecule has 1 aliphatic heterocycles. The van der Waals surface area contributed by atoms with Crippen molar-refractivity contribution in [2.45, 2.75) is 13.3 Å². The maximum Gasteiger partial charge on any atom is 0.169 e. The summed E-state index contributed by atoms with van der Waals surface area (Å²) in [6, 6.07) is 12.5. The van der Waals surface area contributed by atoms with Gasteiger partial charge in [0, 0.05) is 43.9 Å². The number of hydrogen-bond donors (Lipinski definition) is 1. The second-order valence-corrected chi connectivity index (χ2v) is 6.51. The van der Waals surface area contributed by atoms with E-state index in [0.717, 1.165) is 54.2 Å². The molecule has 1 fully saturated rings. The molecular weight excluding hydrogens is 314 g/mol. The SMILES string of the molecule is COc1cc(C)ccc1Cc1noc2cccc(N3CCNCC3)c12. The van der Waals surface area contributed by atoms with Gasteiger partial charge in [0.05, 0.1) is 18.2 Å². The van der Waals surface area contributed by atoms with E-state index in [0.29, 0.717) is 6.42 Å². The Hall–Kier alpha value is -2.53. The maximum atomic E-state index is 5.62. The summed E-state index contributed by atoms with van der Waals surface area (Å²) in [4.78, 5) is 2.41. The van der Waals surface area contributed by atoms with Crippen molar-refractivity contribution in [1.82, 2.24) is 10.5 Å². The second kappa shape index (κ2) is 6.76. The normalized spacial score (nSPS) is 14.9. The van der Waals surface area contributed by atoms with Crippen molar-refractivity contribution >= 4 is 16.7 Å². The third-order valence-corrected chi connectivity index (χ3v) is 4.81. The van der Waals surface area contributed by atoms with Gasteiger partial charge in [-0.25, -0.2) is 0 Å². The van der Waals surface area contributed by atoms with Crippen molar-refractivity contribution in [1.29, 1.82) is 0 Å². The molecule has 0 atom stereocenters. The van der Waals surface area contributed by atoms with Crippen LogP contribution >= 0.6 is 0 Å². The summed E-state index contributed by atoms with van der Waals surface area (Å²) in [7, 11) is 1.71. The summed E-state index contributed by atoms with van der Waals surface area (Å²) in [6.07, 6.45) is 0.694. The van der Waals surface area contributed by atoms with E-state index in [1.165, 1.54) is 11.3 Å². The molecule has 5 nitrogen and oxygen atoms in total. The molecule has 25 heavy (non-hydrogen) atoms. The predicted octanol–water partition coefficient (Wildman–Crippen LogP) is 3.15. The summed E-state index contributed by atoms with van der Waals surface area (Å²) in [5.74, 6) is 0.899. The Labute approximate surface area is 147 Å². The lowest BCUT2D eigenvalue weighted by molar-refractivity contribution is 0.409. The highest BCUT2D eigenvalue weighted by Gasteiger charge is 2.19. The van der Waals surface area contributed by atoms with Crippen LogP contribution in [-0.2, 0) is 6.42 Å². The molecule has 5 heteroatoms. The van der Waals surface area contributed by atoms with Gasteiger partial charge in [-0.2, -0.15) is 0 Å². The summed E-state index contributed by atoms with van der Waals surface area (Å²) < 4.78 is 11.2. The first-order valence-corrected chi connectivity index (χ1v) is 8.73. The third-order valence-electron chi connectivity index (χ3n) is 4.81. The summed E-state index contributed by atoms with van der Waals surface area (Å²) >= 11 is 0. The molecule has 0 radical (unpaired) electrons. The minimum Gasteiger partial charge on any atom is -0.496 e. The molecule has 0 spiro atoms. The van der Waals surface area contributed by atoms with Gasteiger partial charge in [-0.1, -0.05) is 23.4 Å². The number of rotatable bonds is 4. The molecule has 0 saturated carbocycles. The van der Waals surface area contributed by atoms with Crippen LogP contribution in [-0.4, -0.2) is 38.4 Å². The molecule has 1 saturated heterocycles. The van der Waals surface area contributed by atoms with Gasteiger partial charge in [0.25, 0.3) is 0 Å². The van der Waals surface area contributed by atoms with Gasteiger partial charge in [-0.3, -0.25) is 0 Å². The quantitative estimate of drug-likeness (QED) is 0.792. The zero-order valence-electron chi connectivity index (χ0n) is 14.7. The van der Waals surface area contributed by atoms with Gasteiger partial charge in [0.15, 0.2) is 5.58 Å². The molecular formula is C20H23N3O2.